The van der Waals surface area contributed by atoms with Crippen LogP contribution in [0.15, 0.2) is 22.7 Å². The van der Waals surface area contributed by atoms with Gasteiger partial charge >= 0.3 is 5.97 Å². The van der Waals surface area contributed by atoms with Crippen molar-refractivity contribution >= 4 is 27.8 Å². The van der Waals surface area contributed by atoms with Gasteiger partial charge in [-0.1, -0.05) is 15.9 Å². The van der Waals surface area contributed by atoms with E-state index >= 15 is 0 Å². The molecule has 18 heavy (non-hydrogen) atoms. The Morgan fingerprint density at radius 1 is 1.39 bits per heavy atom. The quantitative estimate of drug-likeness (QED) is 0.794. The number of carbonyl (C=O) groups is 2. The van der Waals surface area contributed by atoms with Gasteiger partial charge in [-0.25, -0.2) is 0 Å². The summed E-state index contributed by atoms with van der Waals surface area (Å²) in [5.74, 6) is -1.67. The normalized spacial score (nSPS) is 11.1. The second kappa shape index (κ2) is 5.39. The summed E-state index contributed by atoms with van der Waals surface area (Å²) in [4.78, 5) is 22.6. The maximum Gasteiger partial charge on any atom is 0.305 e. The highest BCUT2D eigenvalue weighted by Crippen LogP contribution is 2.22. The number of carbonyl (C=O) groups excluding carboxylic acids is 1. The number of aromatic hydroxyl groups is 1. The van der Waals surface area contributed by atoms with Crippen molar-refractivity contribution in [3.05, 3.63) is 28.2 Å². The molecular formula is C12H14BrNO4. The summed E-state index contributed by atoms with van der Waals surface area (Å²) < 4.78 is 0.654. The lowest BCUT2D eigenvalue weighted by molar-refractivity contribution is -0.138. The Hall–Kier alpha value is -1.56. The van der Waals surface area contributed by atoms with E-state index in [2.05, 4.69) is 21.2 Å². The zero-order chi connectivity index (χ0) is 13.9. The number of hydrogen-bond donors (Lipinski definition) is 3. The number of phenols is 1. The maximum absolute atomic E-state index is 11.9. The molecule has 0 radical (unpaired) electrons. The van der Waals surface area contributed by atoms with Gasteiger partial charge in [-0.3, -0.25) is 9.59 Å². The van der Waals surface area contributed by atoms with Crippen molar-refractivity contribution in [3.8, 4) is 5.75 Å². The van der Waals surface area contributed by atoms with Crippen LogP contribution in [0.4, 0.5) is 0 Å². The zero-order valence-electron chi connectivity index (χ0n) is 10.0. The SMILES string of the molecule is CC(C)(CC(=O)O)NC(=O)c1cc(Br)ccc1O. The highest BCUT2D eigenvalue weighted by Gasteiger charge is 2.25. The van der Waals surface area contributed by atoms with Crippen molar-refractivity contribution in [3.63, 3.8) is 0 Å². The van der Waals surface area contributed by atoms with Gasteiger partial charge in [0.25, 0.3) is 5.91 Å². The van der Waals surface area contributed by atoms with Crippen LogP contribution < -0.4 is 5.32 Å². The largest absolute Gasteiger partial charge is 0.507 e. The fourth-order valence-electron chi connectivity index (χ4n) is 1.49. The molecule has 0 heterocycles. The number of carboxylic acid groups (broad SMARTS) is 1. The molecule has 1 amide bonds. The molecule has 0 atom stereocenters. The Morgan fingerprint density at radius 2 is 2.00 bits per heavy atom. The first-order valence-corrected chi connectivity index (χ1v) is 6.03. The molecular weight excluding hydrogens is 302 g/mol. The summed E-state index contributed by atoms with van der Waals surface area (Å²) in [6.45, 7) is 3.21. The van der Waals surface area contributed by atoms with Crippen molar-refractivity contribution in [2.24, 2.45) is 0 Å². The highest BCUT2D eigenvalue weighted by molar-refractivity contribution is 9.10. The van der Waals surface area contributed by atoms with E-state index in [9.17, 15) is 14.7 Å². The van der Waals surface area contributed by atoms with Crippen LogP contribution in [-0.4, -0.2) is 27.6 Å². The molecule has 3 N–H and O–H groups in total. The number of phenolic OH excluding ortho intramolecular Hbond substituents is 1. The second-order valence-corrected chi connectivity index (χ2v) is 5.49. The Kier molecular flexibility index (Phi) is 4.34. The van der Waals surface area contributed by atoms with E-state index in [0.717, 1.165) is 0 Å². The van der Waals surface area contributed by atoms with Gasteiger partial charge < -0.3 is 15.5 Å². The number of aliphatic carboxylic acids is 1. The van der Waals surface area contributed by atoms with Crippen LogP contribution in [0.5, 0.6) is 5.75 Å². The molecule has 0 bridgehead atoms. The van der Waals surface area contributed by atoms with E-state index in [1.54, 1.807) is 19.9 Å². The van der Waals surface area contributed by atoms with E-state index in [1.807, 2.05) is 0 Å². The molecule has 0 aliphatic rings. The standard InChI is InChI=1S/C12H14BrNO4/c1-12(2,6-10(16)17)14-11(18)8-5-7(13)3-4-9(8)15/h3-5,15H,6H2,1-2H3,(H,14,18)(H,16,17). The fourth-order valence-corrected chi connectivity index (χ4v) is 1.85. The molecule has 6 heteroatoms. The molecule has 0 unspecified atom stereocenters. The molecule has 5 nitrogen and oxygen atoms in total. The number of hydrogen-bond acceptors (Lipinski definition) is 3. The van der Waals surface area contributed by atoms with Crippen LogP contribution in [0.3, 0.4) is 0 Å². The molecule has 1 aromatic rings. The van der Waals surface area contributed by atoms with E-state index < -0.39 is 17.4 Å². The first-order chi connectivity index (χ1) is 8.21. The smallest absolute Gasteiger partial charge is 0.305 e. The minimum atomic E-state index is -1.00. The Labute approximate surface area is 113 Å². The van der Waals surface area contributed by atoms with Gasteiger partial charge in [-0.2, -0.15) is 0 Å². The number of amides is 1. The first kappa shape index (κ1) is 14.5. The molecule has 1 aromatic carbocycles. The number of halogens is 1. The minimum absolute atomic E-state index is 0.0999. The lowest BCUT2D eigenvalue weighted by atomic mass is 10.00. The van der Waals surface area contributed by atoms with E-state index in [1.165, 1.54) is 12.1 Å². The topological polar surface area (TPSA) is 86.6 Å². The zero-order valence-corrected chi connectivity index (χ0v) is 11.6. The van der Waals surface area contributed by atoms with Gasteiger partial charge in [0, 0.05) is 10.0 Å². The van der Waals surface area contributed by atoms with Crippen LogP contribution in [0.1, 0.15) is 30.6 Å². The Morgan fingerprint density at radius 3 is 2.56 bits per heavy atom. The van der Waals surface area contributed by atoms with Crippen molar-refractivity contribution in [1.82, 2.24) is 5.32 Å². The van der Waals surface area contributed by atoms with Gasteiger partial charge in [0.05, 0.1) is 12.0 Å². The van der Waals surface area contributed by atoms with Gasteiger partial charge in [0.15, 0.2) is 0 Å². The predicted octanol–water partition coefficient (Wildman–Crippen LogP) is 2.14. The average Bonchev–Trinajstić information content (AvgIpc) is 2.18. The summed E-state index contributed by atoms with van der Waals surface area (Å²) in [7, 11) is 0. The number of carboxylic acids is 1. The molecule has 1 rings (SSSR count). The van der Waals surface area contributed by atoms with Gasteiger partial charge in [-0.05, 0) is 32.0 Å². The molecule has 0 fully saturated rings. The summed E-state index contributed by atoms with van der Waals surface area (Å²) in [6.07, 6.45) is -0.201. The molecule has 0 saturated carbocycles. The number of benzene rings is 1. The summed E-state index contributed by atoms with van der Waals surface area (Å²) in [6, 6.07) is 4.47. The van der Waals surface area contributed by atoms with Gasteiger partial charge in [0.1, 0.15) is 5.75 Å². The minimum Gasteiger partial charge on any atom is -0.507 e. The van der Waals surface area contributed by atoms with Crippen molar-refractivity contribution < 1.29 is 19.8 Å². The predicted molar refractivity (Wildman–Crippen MR) is 69.6 cm³/mol. The van der Waals surface area contributed by atoms with Crippen molar-refractivity contribution in [2.45, 2.75) is 25.8 Å². The van der Waals surface area contributed by atoms with Crippen LogP contribution in [0.2, 0.25) is 0 Å². The summed E-state index contributed by atoms with van der Waals surface area (Å²) in [5.41, 5.74) is -0.791. The molecule has 0 saturated heterocycles. The summed E-state index contributed by atoms with van der Waals surface area (Å²) in [5, 5.41) is 20.9. The van der Waals surface area contributed by atoms with Gasteiger partial charge in [-0.15, -0.1) is 0 Å². The van der Waals surface area contributed by atoms with Gasteiger partial charge in [0.2, 0.25) is 0 Å². The van der Waals surface area contributed by atoms with E-state index in [-0.39, 0.29) is 17.7 Å². The second-order valence-electron chi connectivity index (χ2n) is 4.57. The van der Waals surface area contributed by atoms with Crippen LogP contribution >= 0.6 is 15.9 Å². The fraction of sp³-hybridized carbons (Fsp3) is 0.333. The lowest BCUT2D eigenvalue weighted by Gasteiger charge is -2.24. The maximum atomic E-state index is 11.9. The number of rotatable bonds is 4. The third kappa shape index (κ3) is 4.03. The van der Waals surface area contributed by atoms with Crippen LogP contribution in [0.25, 0.3) is 0 Å². The molecule has 0 aliphatic carbocycles. The van der Waals surface area contributed by atoms with Crippen LogP contribution in [0, 0.1) is 0 Å². The van der Waals surface area contributed by atoms with Crippen LogP contribution in [-0.2, 0) is 4.79 Å². The van der Waals surface area contributed by atoms with E-state index in [4.69, 9.17) is 5.11 Å². The van der Waals surface area contributed by atoms with Crippen molar-refractivity contribution in [1.29, 1.82) is 0 Å². The Balaban J connectivity index is 2.88. The lowest BCUT2D eigenvalue weighted by Crippen LogP contribution is -2.44. The third-order valence-electron chi connectivity index (χ3n) is 2.25. The highest BCUT2D eigenvalue weighted by atomic mass is 79.9. The molecule has 0 spiro atoms. The van der Waals surface area contributed by atoms with Crippen molar-refractivity contribution in [2.75, 3.05) is 0 Å². The number of nitrogens with one attached hydrogen (secondary N) is 1. The van der Waals surface area contributed by atoms with E-state index in [0.29, 0.717) is 4.47 Å². The molecule has 98 valence electrons. The molecule has 0 aromatic heterocycles. The first-order valence-electron chi connectivity index (χ1n) is 5.24. The Bertz CT molecular complexity index is 485. The third-order valence-corrected chi connectivity index (χ3v) is 2.74. The average molecular weight is 316 g/mol. The summed E-state index contributed by atoms with van der Waals surface area (Å²) >= 11 is 3.20. The molecule has 0 aliphatic heterocycles. The monoisotopic (exact) mass is 315 g/mol.